The van der Waals surface area contributed by atoms with Crippen LogP contribution in [0.1, 0.15) is 21.5 Å². The zero-order valence-corrected chi connectivity index (χ0v) is 16.7. The molecule has 0 fully saturated rings. The number of fused-ring (bicyclic) bond motifs is 2. The zero-order valence-electron chi connectivity index (χ0n) is 16.7. The topological polar surface area (TPSA) is 69.7 Å². The number of ether oxygens (including phenoxy) is 3. The molecule has 1 aromatic heterocycles. The van der Waals surface area contributed by atoms with Crippen LogP contribution in [-0.4, -0.2) is 17.7 Å². The fourth-order valence-corrected chi connectivity index (χ4v) is 3.40. The minimum Gasteiger partial charge on any atom is -0.489 e. The molecule has 0 unspecified atom stereocenters. The van der Waals surface area contributed by atoms with E-state index in [0.29, 0.717) is 18.7 Å². The number of amides is 1. The Morgan fingerprint density at radius 3 is 2.68 bits per heavy atom. The van der Waals surface area contributed by atoms with E-state index in [9.17, 15) is 4.79 Å². The average molecular weight is 412 g/mol. The van der Waals surface area contributed by atoms with Crippen molar-refractivity contribution >= 4 is 16.8 Å². The molecule has 154 valence electrons. The molecular formula is C25H20N2O4. The summed E-state index contributed by atoms with van der Waals surface area (Å²) in [4.78, 5) is 16.8. The van der Waals surface area contributed by atoms with Gasteiger partial charge in [-0.3, -0.25) is 9.78 Å². The minimum atomic E-state index is -0.117. The normalized spacial score (nSPS) is 12.0. The number of pyridine rings is 1. The van der Waals surface area contributed by atoms with Gasteiger partial charge in [-0.15, -0.1) is 0 Å². The van der Waals surface area contributed by atoms with Crippen LogP contribution in [0.25, 0.3) is 10.9 Å². The molecule has 31 heavy (non-hydrogen) atoms. The lowest BCUT2D eigenvalue weighted by atomic mass is 10.1. The molecule has 0 saturated carbocycles. The van der Waals surface area contributed by atoms with E-state index < -0.39 is 0 Å². The highest BCUT2D eigenvalue weighted by atomic mass is 16.7. The largest absolute Gasteiger partial charge is 0.489 e. The van der Waals surface area contributed by atoms with Crippen LogP contribution < -0.4 is 19.5 Å². The fraction of sp³-hybridized carbons (Fsp3) is 0.120. The smallest absolute Gasteiger partial charge is 0.251 e. The molecule has 3 aromatic carbocycles. The lowest BCUT2D eigenvalue weighted by Crippen LogP contribution is -2.22. The second-order valence-corrected chi connectivity index (χ2v) is 7.21. The summed E-state index contributed by atoms with van der Waals surface area (Å²) in [6, 6.07) is 22.8. The summed E-state index contributed by atoms with van der Waals surface area (Å²) in [6.45, 7) is 1.13. The van der Waals surface area contributed by atoms with Crippen molar-refractivity contribution < 1.29 is 19.0 Å². The van der Waals surface area contributed by atoms with Gasteiger partial charge in [0.2, 0.25) is 6.79 Å². The Kier molecular flexibility index (Phi) is 5.10. The first-order chi connectivity index (χ1) is 15.2. The maximum absolute atomic E-state index is 12.5. The van der Waals surface area contributed by atoms with Crippen molar-refractivity contribution in [3.8, 4) is 17.2 Å². The number of aromatic nitrogens is 1. The van der Waals surface area contributed by atoms with E-state index in [1.807, 2.05) is 66.7 Å². The maximum Gasteiger partial charge on any atom is 0.251 e. The molecular weight excluding hydrogens is 392 g/mol. The third-order valence-electron chi connectivity index (χ3n) is 5.08. The van der Waals surface area contributed by atoms with Crippen LogP contribution in [0.5, 0.6) is 17.2 Å². The van der Waals surface area contributed by atoms with Crippen molar-refractivity contribution in [3.05, 3.63) is 95.7 Å². The number of hydrogen-bond donors (Lipinski definition) is 1. The summed E-state index contributed by atoms with van der Waals surface area (Å²) in [7, 11) is 0. The van der Waals surface area contributed by atoms with E-state index in [-0.39, 0.29) is 12.7 Å². The highest BCUT2D eigenvalue weighted by Crippen LogP contribution is 2.32. The first-order valence-electron chi connectivity index (χ1n) is 9.98. The summed E-state index contributed by atoms with van der Waals surface area (Å²) >= 11 is 0. The van der Waals surface area contributed by atoms with E-state index in [2.05, 4.69) is 10.3 Å². The van der Waals surface area contributed by atoms with Crippen molar-refractivity contribution in [1.82, 2.24) is 10.3 Å². The number of carbonyl (C=O) groups is 1. The van der Waals surface area contributed by atoms with Crippen molar-refractivity contribution in [1.29, 1.82) is 0 Å². The van der Waals surface area contributed by atoms with Gasteiger partial charge in [-0.2, -0.15) is 0 Å². The van der Waals surface area contributed by atoms with Gasteiger partial charge in [0.1, 0.15) is 12.4 Å². The Balaban J connectivity index is 1.16. The molecule has 0 spiro atoms. The van der Waals surface area contributed by atoms with Gasteiger partial charge in [0.05, 0.1) is 5.52 Å². The number of benzene rings is 3. The molecule has 0 radical (unpaired) electrons. The molecule has 0 atom stereocenters. The highest BCUT2D eigenvalue weighted by molar-refractivity contribution is 5.97. The molecule has 0 saturated heterocycles. The van der Waals surface area contributed by atoms with Crippen molar-refractivity contribution in [2.24, 2.45) is 0 Å². The second kappa shape index (κ2) is 8.36. The maximum atomic E-state index is 12.5. The number of carbonyl (C=O) groups excluding carboxylic acids is 1. The van der Waals surface area contributed by atoms with Gasteiger partial charge in [-0.1, -0.05) is 24.3 Å². The van der Waals surface area contributed by atoms with E-state index in [4.69, 9.17) is 14.2 Å². The molecule has 1 amide bonds. The Morgan fingerprint density at radius 2 is 1.77 bits per heavy atom. The number of nitrogens with one attached hydrogen (secondary N) is 1. The highest BCUT2D eigenvalue weighted by Gasteiger charge is 2.13. The Hall–Kier alpha value is -4.06. The van der Waals surface area contributed by atoms with E-state index in [1.165, 1.54) is 0 Å². The SMILES string of the molecule is O=C(NCc1ccc(OCc2ccc3c(c2)OCO3)cc1)c1ccc2ncccc2c1. The molecule has 0 bridgehead atoms. The zero-order chi connectivity index (χ0) is 21.0. The Bertz CT molecular complexity index is 1240. The lowest BCUT2D eigenvalue weighted by Gasteiger charge is -2.09. The summed E-state index contributed by atoms with van der Waals surface area (Å²) < 4.78 is 16.6. The van der Waals surface area contributed by atoms with Gasteiger partial charge >= 0.3 is 0 Å². The minimum absolute atomic E-state index is 0.117. The van der Waals surface area contributed by atoms with Gasteiger partial charge in [0.25, 0.3) is 5.91 Å². The van der Waals surface area contributed by atoms with Crippen LogP contribution >= 0.6 is 0 Å². The predicted octanol–water partition coefficient (Wildman–Crippen LogP) is 4.47. The van der Waals surface area contributed by atoms with Gasteiger partial charge in [-0.05, 0) is 59.7 Å². The molecule has 1 aliphatic heterocycles. The first-order valence-corrected chi connectivity index (χ1v) is 9.98. The van der Waals surface area contributed by atoms with Crippen LogP contribution in [0.4, 0.5) is 0 Å². The van der Waals surface area contributed by atoms with Crippen LogP contribution in [0.15, 0.2) is 79.0 Å². The van der Waals surface area contributed by atoms with Gasteiger partial charge < -0.3 is 19.5 Å². The Labute approximate surface area is 179 Å². The van der Waals surface area contributed by atoms with E-state index in [0.717, 1.165) is 39.3 Å². The van der Waals surface area contributed by atoms with Gasteiger partial charge in [-0.25, -0.2) is 0 Å². The number of nitrogens with zero attached hydrogens (tertiary/aromatic N) is 1. The molecule has 5 rings (SSSR count). The average Bonchev–Trinajstić information content (AvgIpc) is 3.29. The molecule has 6 nitrogen and oxygen atoms in total. The van der Waals surface area contributed by atoms with Gasteiger partial charge in [0, 0.05) is 23.7 Å². The summed E-state index contributed by atoms with van der Waals surface area (Å²) in [5.74, 6) is 2.15. The van der Waals surface area contributed by atoms with Crippen LogP contribution in [0, 0.1) is 0 Å². The summed E-state index contributed by atoms with van der Waals surface area (Å²) in [5.41, 5.74) is 3.48. The molecule has 6 heteroatoms. The van der Waals surface area contributed by atoms with E-state index >= 15 is 0 Å². The molecule has 1 N–H and O–H groups in total. The van der Waals surface area contributed by atoms with E-state index in [1.54, 1.807) is 12.3 Å². The molecule has 0 aliphatic carbocycles. The van der Waals surface area contributed by atoms with Crippen molar-refractivity contribution in [2.45, 2.75) is 13.2 Å². The quantitative estimate of drug-likeness (QED) is 0.506. The summed E-state index contributed by atoms with van der Waals surface area (Å²) in [5, 5.41) is 3.90. The second-order valence-electron chi connectivity index (χ2n) is 7.21. The number of rotatable bonds is 6. The molecule has 1 aliphatic rings. The fourth-order valence-electron chi connectivity index (χ4n) is 3.40. The lowest BCUT2D eigenvalue weighted by molar-refractivity contribution is 0.0951. The Morgan fingerprint density at radius 1 is 0.935 bits per heavy atom. The van der Waals surface area contributed by atoms with Crippen LogP contribution in [0.3, 0.4) is 0 Å². The van der Waals surface area contributed by atoms with Crippen LogP contribution in [-0.2, 0) is 13.2 Å². The number of hydrogen-bond acceptors (Lipinski definition) is 5. The third kappa shape index (κ3) is 4.28. The first kappa shape index (κ1) is 18.9. The van der Waals surface area contributed by atoms with Crippen molar-refractivity contribution in [2.75, 3.05) is 6.79 Å². The third-order valence-corrected chi connectivity index (χ3v) is 5.08. The summed E-state index contributed by atoms with van der Waals surface area (Å²) in [6.07, 6.45) is 1.74. The monoisotopic (exact) mass is 412 g/mol. The van der Waals surface area contributed by atoms with Gasteiger partial charge in [0.15, 0.2) is 11.5 Å². The van der Waals surface area contributed by atoms with Crippen LogP contribution in [0.2, 0.25) is 0 Å². The standard InChI is InChI=1S/C25H20N2O4/c28-25(20-6-9-22-19(13-20)2-1-11-26-22)27-14-17-3-7-21(8-4-17)29-15-18-5-10-23-24(12-18)31-16-30-23/h1-13H,14-16H2,(H,27,28). The van der Waals surface area contributed by atoms with Crippen molar-refractivity contribution in [3.63, 3.8) is 0 Å². The predicted molar refractivity (Wildman–Crippen MR) is 116 cm³/mol. The molecule has 4 aromatic rings. The molecule has 2 heterocycles.